The largest absolute Gasteiger partial charge is 0.369 e. The Hall–Kier alpha value is -1.80. The lowest BCUT2D eigenvalue weighted by atomic mass is 10.1. The number of nitrogens with zero attached hydrogens (tertiary/aromatic N) is 7. The van der Waals surface area contributed by atoms with Gasteiger partial charge in [-0.15, -0.1) is 20.4 Å². The summed E-state index contributed by atoms with van der Waals surface area (Å²) in [5.41, 5.74) is 0. The summed E-state index contributed by atoms with van der Waals surface area (Å²) in [4.78, 5) is 3.22. The van der Waals surface area contributed by atoms with Crippen LogP contribution in [0.1, 0.15) is 19.3 Å². The topological polar surface area (TPSA) is 122 Å². The molecule has 0 amide bonds. The quantitative estimate of drug-likeness (QED) is 0.581. The average molecular weight is 488 g/mol. The zero-order valence-corrected chi connectivity index (χ0v) is 17.6. The van der Waals surface area contributed by atoms with Crippen LogP contribution in [0.2, 0.25) is 0 Å². The van der Waals surface area contributed by atoms with Gasteiger partial charge in [-0.25, -0.2) is 4.39 Å². The van der Waals surface area contributed by atoms with E-state index in [0.717, 1.165) is 40.3 Å². The van der Waals surface area contributed by atoms with Gasteiger partial charge >= 0.3 is 0 Å². The first-order valence-corrected chi connectivity index (χ1v) is 10.7. The van der Waals surface area contributed by atoms with Crippen LogP contribution in [-0.2, 0) is 11.3 Å². The van der Waals surface area contributed by atoms with Crippen LogP contribution in [0.15, 0.2) is 22.5 Å². The first-order valence-electron chi connectivity index (χ1n) is 9.08. The van der Waals surface area contributed by atoms with Crippen molar-refractivity contribution in [2.24, 2.45) is 0 Å². The number of aromatic nitrogens is 6. The van der Waals surface area contributed by atoms with Crippen molar-refractivity contribution in [1.29, 1.82) is 0 Å². The molecular formula is C16H19BrFN7O3S. The Morgan fingerprint density at radius 2 is 2.03 bits per heavy atom. The van der Waals surface area contributed by atoms with Crippen molar-refractivity contribution >= 4 is 32.4 Å². The zero-order chi connectivity index (χ0) is 20.4. The van der Waals surface area contributed by atoms with Gasteiger partial charge in [0.2, 0.25) is 11.0 Å². The van der Waals surface area contributed by atoms with Gasteiger partial charge in [0.05, 0.1) is 12.2 Å². The minimum absolute atomic E-state index is 0.0574. The third-order valence-corrected chi connectivity index (χ3v) is 6.32. The van der Waals surface area contributed by atoms with Crippen LogP contribution >= 0.6 is 27.3 Å². The summed E-state index contributed by atoms with van der Waals surface area (Å²) in [6.45, 7) is 1.34. The number of halogens is 2. The molecule has 2 aromatic heterocycles. The Morgan fingerprint density at radius 1 is 1.24 bits per heavy atom. The Balaban J connectivity index is 1.32. The van der Waals surface area contributed by atoms with E-state index in [2.05, 4.69) is 46.4 Å². The molecule has 1 fully saturated rings. The molecule has 2 N–H and O–H groups in total. The molecule has 2 aromatic rings. The third kappa shape index (κ3) is 5.04. The normalized spacial score (nSPS) is 20.9. The number of anilines is 1. The van der Waals surface area contributed by atoms with E-state index in [1.807, 2.05) is 0 Å². The van der Waals surface area contributed by atoms with Crippen LogP contribution in [0, 0.1) is 0 Å². The maximum atomic E-state index is 13.5. The summed E-state index contributed by atoms with van der Waals surface area (Å²) in [5.74, 6) is 0.118. The molecule has 0 spiro atoms. The summed E-state index contributed by atoms with van der Waals surface area (Å²) >= 11 is 4.80. The minimum atomic E-state index is -1.55. The summed E-state index contributed by atoms with van der Waals surface area (Å²) in [6.07, 6.45) is 3.27. The van der Waals surface area contributed by atoms with Gasteiger partial charge in [0.15, 0.2) is 11.3 Å². The molecule has 0 bridgehead atoms. The molecule has 1 aliphatic carbocycles. The Morgan fingerprint density at radius 3 is 2.79 bits per heavy atom. The van der Waals surface area contributed by atoms with E-state index in [9.17, 15) is 4.39 Å². The molecule has 4 rings (SSSR count). The van der Waals surface area contributed by atoms with Crippen molar-refractivity contribution in [2.75, 3.05) is 18.0 Å². The first kappa shape index (κ1) is 20.5. The number of aliphatic hydroxyl groups is 2. The van der Waals surface area contributed by atoms with Crippen LogP contribution in [0.25, 0.3) is 10.8 Å². The summed E-state index contributed by atoms with van der Waals surface area (Å²) in [6, 6.07) is 0. The first-order chi connectivity index (χ1) is 14.0. The highest BCUT2D eigenvalue weighted by atomic mass is 79.9. The highest BCUT2D eigenvalue weighted by molar-refractivity contribution is 9.11. The average Bonchev–Trinajstić information content (AvgIpc) is 3.34. The number of piperidine rings is 1. The number of aliphatic hydroxyl groups excluding tert-OH is 1. The maximum absolute atomic E-state index is 13.5. The second kappa shape index (κ2) is 8.92. The van der Waals surface area contributed by atoms with Gasteiger partial charge in [-0.2, -0.15) is 4.80 Å². The molecule has 2 aliphatic rings. The van der Waals surface area contributed by atoms with E-state index >= 15 is 0 Å². The highest BCUT2D eigenvalue weighted by Gasteiger charge is 2.27. The molecule has 3 heterocycles. The monoisotopic (exact) mass is 487 g/mol. The molecule has 10 nitrogen and oxygen atoms in total. The molecule has 0 saturated carbocycles. The molecule has 0 radical (unpaired) electrons. The van der Waals surface area contributed by atoms with Gasteiger partial charge in [0.25, 0.3) is 0 Å². The molecule has 13 heteroatoms. The van der Waals surface area contributed by atoms with E-state index in [0.29, 0.717) is 5.01 Å². The lowest BCUT2D eigenvalue weighted by molar-refractivity contribution is -0.0563. The van der Waals surface area contributed by atoms with Crippen molar-refractivity contribution in [1.82, 2.24) is 30.4 Å². The Kier molecular flexibility index (Phi) is 6.29. The standard InChI is InChI=1S/C16H19BrFN7O3S/c17-11-2-1-9(18)7-12(11)28-10-3-5-24(6-4-10)16-21-20-15(29-16)14-19-23-25(22-14)8-13(26)27/h1-2,10,12-13,26-27H,3-8H2. The van der Waals surface area contributed by atoms with E-state index < -0.39 is 6.29 Å². The number of hydrogen-bond donors (Lipinski definition) is 2. The second-order valence-electron chi connectivity index (χ2n) is 6.72. The van der Waals surface area contributed by atoms with Gasteiger partial charge in [-0.1, -0.05) is 27.3 Å². The second-order valence-corrected chi connectivity index (χ2v) is 8.59. The third-order valence-electron chi connectivity index (χ3n) is 4.57. The smallest absolute Gasteiger partial charge is 0.235 e. The van der Waals surface area contributed by atoms with Gasteiger partial charge in [-0.05, 0) is 30.2 Å². The molecule has 0 aromatic carbocycles. The Labute approximate surface area is 177 Å². The van der Waals surface area contributed by atoms with Crippen LogP contribution < -0.4 is 4.90 Å². The number of hydrogen-bond acceptors (Lipinski definition) is 10. The SMILES string of the molecule is OC(O)Cn1nnc(-c2nnc(N3CCC(OC4CC(F)=CC=C4Br)CC3)s2)n1. The van der Waals surface area contributed by atoms with E-state index in [1.165, 1.54) is 17.4 Å². The van der Waals surface area contributed by atoms with Gasteiger partial charge in [0, 0.05) is 24.0 Å². The van der Waals surface area contributed by atoms with Gasteiger partial charge in [0.1, 0.15) is 12.4 Å². The van der Waals surface area contributed by atoms with E-state index in [1.54, 1.807) is 6.08 Å². The molecule has 1 unspecified atom stereocenters. The fraction of sp³-hybridized carbons (Fsp3) is 0.562. The van der Waals surface area contributed by atoms with Crippen molar-refractivity contribution in [3.63, 3.8) is 0 Å². The fourth-order valence-corrected chi connectivity index (χ4v) is 4.36. The lowest BCUT2D eigenvalue weighted by Gasteiger charge is -2.33. The minimum Gasteiger partial charge on any atom is -0.369 e. The van der Waals surface area contributed by atoms with Crippen molar-refractivity contribution < 1.29 is 19.3 Å². The predicted octanol–water partition coefficient (Wildman–Crippen LogP) is 1.39. The Bertz CT molecular complexity index is 910. The molecule has 1 aliphatic heterocycles. The number of allylic oxidation sites excluding steroid dienone is 2. The van der Waals surface area contributed by atoms with Crippen LogP contribution in [0.3, 0.4) is 0 Å². The number of rotatable bonds is 6. The van der Waals surface area contributed by atoms with Gasteiger partial charge in [-0.3, -0.25) is 0 Å². The van der Waals surface area contributed by atoms with E-state index in [4.69, 9.17) is 14.9 Å². The molecule has 1 atom stereocenters. The van der Waals surface area contributed by atoms with Crippen LogP contribution in [0.5, 0.6) is 0 Å². The zero-order valence-electron chi connectivity index (χ0n) is 15.2. The number of tetrazole rings is 1. The van der Waals surface area contributed by atoms with E-state index in [-0.39, 0.29) is 36.8 Å². The van der Waals surface area contributed by atoms with Crippen LogP contribution in [0.4, 0.5) is 9.52 Å². The summed E-state index contributed by atoms with van der Waals surface area (Å²) in [7, 11) is 0. The molecule has 156 valence electrons. The lowest BCUT2D eigenvalue weighted by Crippen LogP contribution is -2.38. The number of ether oxygens (including phenoxy) is 1. The summed E-state index contributed by atoms with van der Waals surface area (Å²) in [5, 5.41) is 39.2. The van der Waals surface area contributed by atoms with Gasteiger partial charge < -0.3 is 19.8 Å². The molecular weight excluding hydrogens is 469 g/mol. The molecule has 1 saturated heterocycles. The predicted molar refractivity (Wildman–Crippen MR) is 106 cm³/mol. The van der Waals surface area contributed by atoms with Crippen molar-refractivity contribution in [3.8, 4) is 10.8 Å². The molecule has 29 heavy (non-hydrogen) atoms. The van der Waals surface area contributed by atoms with Crippen LogP contribution in [-0.4, -0.2) is 72.2 Å². The highest BCUT2D eigenvalue weighted by Crippen LogP contribution is 2.32. The van der Waals surface area contributed by atoms with Crippen molar-refractivity contribution in [2.45, 2.75) is 44.3 Å². The summed E-state index contributed by atoms with van der Waals surface area (Å²) < 4.78 is 20.4. The fourth-order valence-electron chi connectivity index (χ4n) is 3.13. The van der Waals surface area contributed by atoms with Crippen molar-refractivity contribution in [3.05, 3.63) is 22.5 Å². The maximum Gasteiger partial charge on any atom is 0.235 e.